The molecular formula is C25H42O5. The number of aliphatic hydroxyl groups is 5. The highest BCUT2D eigenvalue weighted by atomic mass is 16.4. The summed E-state index contributed by atoms with van der Waals surface area (Å²) in [5.41, 5.74) is 1.04. The molecule has 172 valence electrons. The molecule has 0 radical (unpaired) electrons. The molecule has 11 atom stereocenters. The molecule has 0 saturated heterocycles. The Bertz CT molecular complexity index is 716. The lowest BCUT2D eigenvalue weighted by molar-refractivity contribution is -0.152. The number of hydrogen-bond acceptors (Lipinski definition) is 5. The predicted molar refractivity (Wildman–Crippen MR) is 115 cm³/mol. The summed E-state index contributed by atoms with van der Waals surface area (Å²) in [6.45, 7) is 9.87. The molecule has 4 rings (SSSR count). The Kier molecular flexibility index (Phi) is 5.51. The molecule has 2 saturated carbocycles. The van der Waals surface area contributed by atoms with Crippen molar-refractivity contribution in [3.8, 4) is 0 Å². The van der Waals surface area contributed by atoms with E-state index in [9.17, 15) is 25.5 Å². The van der Waals surface area contributed by atoms with E-state index in [1.54, 1.807) is 11.1 Å². The van der Waals surface area contributed by atoms with Crippen LogP contribution in [0.5, 0.6) is 0 Å². The molecule has 0 bridgehead atoms. The molecule has 0 aromatic heterocycles. The van der Waals surface area contributed by atoms with Crippen molar-refractivity contribution >= 4 is 0 Å². The van der Waals surface area contributed by atoms with Crippen LogP contribution in [0.4, 0.5) is 0 Å². The van der Waals surface area contributed by atoms with Crippen molar-refractivity contribution < 1.29 is 25.5 Å². The second-order valence-electron chi connectivity index (χ2n) is 12.1. The first-order valence-electron chi connectivity index (χ1n) is 12.0. The molecule has 0 spiro atoms. The minimum atomic E-state index is -1.77. The normalized spacial score (nSPS) is 49.4. The van der Waals surface area contributed by atoms with Gasteiger partial charge in [-0.15, -0.1) is 0 Å². The Labute approximate surface area is 181 Å². The van der Waals surface area contributed by atoms with Crippen molar-refractivity contribution in [1.82, 2.24) is 0 Å². The maximum absolute atomic E-state index is 11.3. The average Bonchev–Trinajstić information content (AvgIpc) is 3.09. The Hall–Kier alpha value is -0.460. The second-order valence-corrected chi connectivity index (χ2v) is 12.1. The minimum Gasteiger partial charge on any atom is -0.393 e. The summed E-state index contributed by atoms with van der Waals surface area (Å²) in [5.74, 6) is 2.63. The van der Waals surface area contributed by atoms with E-state index in [4.69, 9.17) is 0 Å². The van der Waals surface area contributed by atoms with Crippen LogP contribution in [0.1, 0.15) is 73.1 Å². The zero-order valence-corrected chi connectivity index (χ0v) is 19.3. The minimum absolute atomic E-state index is 0.0153. The molecule has 5 heteroatoms. The van der Waals surface area contributed by atoms with Gasteiger partial charge in [0.1, 0.15) is 11.7 Å². The lowest BCUT2D eigenvalue weighted by Gasteiger charge is -2.54. The van der Waals surface area contributed by atoms with Gasteiger partial charge in [-0.2, -0.15) is 0 Å². The van der Waals surface area contributed by atoms with Gasteiger partial charge >= 0.3 is 0 Å². The molecule has 30 heavy (non-hydrogen) atoms. The van der Waals surface area contributed by atoms with E-state index >= 15 is 0 Å². The topological polar surface area (TPSA) is 101 Å². The molecule has 5 N–H and O–H groups in total. The van der Waals surface area contributed by atoms with Crippen LogP contribution in [-0.4, -0.2) is 56.1 Å². The van der Waals surface area contributed by atoms with Crippen molar-refractivity contribution in [2.45, 2.75) is 97.1 Å². The fourth-order valence-electron chi connectivity index (χ4n) is 8.36. The third kappa shape index (κ3) is 3.14. The third-order valence-electron chi connectivity index (χ3n) is 9.85. The zero-order chi connectivity index (χ0) is 22.2. The van der Waals surface area contributed by atoms with Crippen LogP contribution in [0.2, 0.25) is 0 Å². The fourth-order valence-corrected chi connectivity index (χ4v) is 8.36. The van der Waals surface area contributed by atoms with Crippen molar-refractivity contribution in [2.75, 3.05) is 6.61 Å². The van der Waals surface area contributed by atoms with Crippen LogP contribution in [0.25, 0.3) is 0 Å². The van der Waals surface area contributed by atoms with Crippen LogP contribution in [-0.2, 0) is 0 Å². The van der Waals surface area contributed by atoms with Gasteiger partial charge in [0.25, 0.3) is 0 Å². The first-order chi connectivity index (χ1) is 13.9. The van der Waals surface area contributed by atoms with Gasteiger partial charge in [0.15, 0.2) is 0 Å². The number of allylic oxidation sites excluding steroid dienone is 2. The van der Waals surface area contributed by atoms with Gasteiger partial charge in [0.05, 0.1) is 18.8 Å². The van der Waals surface area contributed by atoms with Gasteiger partial charge < -0.3 is 25.5 Å². The molecule has 2 fully saturated rings. The fraction of sp³-hybridized carbons (Fsp3) is 0.920. The molecule has 2 unspecified atom stereocenters. The van der Waals surface area contributed by atoms with E-state index < -0.39 is 35.9 Å². The van der Waals surface area contributed by atoms with Crippen LogP contribution in [0.3, 0.4) is 0 Å². The number of hydrogen-bond donors (Lipinski definition) is 5. The first-order valence-corrected chi connectivity index (χ1v) is 12.0. The summed E-state index contributed by atoms with van der Waals surface area (Å²) in [5, 5.41) is 52.3. The van der Waals surface area contributed by atoms with E-state index in [2.05, 4.69) is 27.7 Å². The zero-order valence-electron chi connectivity index (χ0n) is 19.3. The van der Waals surface area contributed by atoms with Crippen LogP contribution in [0.15, 0.2) is 11.1 Å². The van der Waals surface area contributed by atoms with Crippen molar-refractivity contribution in [1.29, 1.82) is 0 Å². The molecular weight excluding hydrogens is 380 g/mol. The standard InChI is InChI=1S/C25H42O5/c1-13-6-7-15-20-16(13)8-14(2)17(20)9-23(3)11-19(28)24(4,21(15)23)10-18(27)22(29)25(5,30)12-26/h13-15,17-19,21-22,26-30H,6-12H2,1-5H3/t13?,14-,15+,17?,18-,19-,21-,22-,23-,24-,25-/m0/s1. The van der Waals surface area contributed by atoms with Crippen LogP contribution < -0.4 is 0 Å². The molecule has 0 aromatic rings. The van der Waals surface area contributed by atoms with Gasteiger partial charge in [-0.25, -0.2) is 0 Å². The van der Waals surface area contributed by atoms with Gasteiger partial charge in [0.2, 0.25) is 0 Å². The molecule has 5 nitrogen and oxygen atoms in total. The lowest BCUT2D eigenvalue weighted by atomic mass is 9.51. The maximum atomic E-state index is 11.3. The summed E-state index contributed by atoms with van der Waals surface area (Å²) < 4.78 is 0. The van der Waals surface area contributed by atoms with Crippen molar-refractivity contribution in [3.63, 3.8) is 0 Å². The Balaban J connectivity index is 1.69. The summed E-state index contributed by atoms with van der Waals surface area (Å²) in [6.07, 6.45) is 2.37. The van der Waals surface area contributed by atoms with E-state index in [0.29, 0.717) is 23.7 Å². The van der Waals surface area contributed by atoms with E-state index in [-0.39, 0.29) is 17.8 Å². The second kappa shape index (κ2) is 7.28. The number of fused-ring (bicyclic) bond motifs is 2. The number of aliphatic hydroxyl groups excluding tert-OH is 4. The highest BCUT2D eigenvalue weighted by Gasteiger charge is 2.65. The Morgan fingerprint density at radius 3 is 2.40 bits per heavy atom. The SMILES string of the molecule is CC1CC[C@@H]2C3=C1C[C@H](C)C3C[C@@]1(C)C[C@H](O)[C@](C)(C[C@H](O)[C@H](O)[C@@](C)(O)CO)[C@@H]21. The summed E-state index contributed by atoms with van der Waals surface area (Å²) in [7, 11) is 0. The van der Waals surface area contributed by atoms with Gasteiger partial charge in [-0.05, 0) is 85.9 Å². The monoisotopic (exact) mass is 422 g/mol. The van der Waals surface area contributed by atoms with E-state index in [1.807, 2.05) is 0 Å². The smallest absolute Gasteiger partial charge is 0.113 e. The predicted octanol–water partition coefficient (Wildman–Crippen LogP) is 2.64. The Morgan fingerprint density at radius 2 is 1.77 bits per heavy atom. The van der Waals surface area contributed by atoms with E-state index in [0.717, 1.165) is 19.3 Å². The van der Waals surface area contributed by atoms with Gasteiger partial charge in [-0.1, -0.05) is 38.8 Å². The largest absolute Gasteiger partial charge is 0.393 e. The molecule has 4 aliphatic rings. The molecule has 0 heterocycles. The summed E-state index contributed by atoms with van der Waals surface area (Å²) in [4.78, 5) is 0. The van der Waals surface area contributed by atoms with Crippen molar-refractivity contribution in [3.05, 3.63) is 11.1 Å². The molecule has 0 aliphatic heterocycles. The Morgan fingerprint density at radius 1 is 1.10 bits per heavy atom. The van der Waals surface area contributed by atoms with Crippen molar-refractivity contribution in [2.24, 2.45) is 40.4 Å². The number of rotatable bonds is 5. The highest BCUT2D eigenvalue weighted by molar-refractivity contribution is 5.36. The quantitative estimate of drug-likeness (QED) is 0.439. The lowest BCUT2D eigenvalue weighted by Crippen LogP contribution is -2.53. The third-order valence-corrected chi connectivity index (χ3v) is 9.85. The summed E-state index contributed by atoms with van der Waals surface area (Å²) >= 11 is 0. The van der Waals surface area contributed by atoms with Crippen LogP contribution in [0, 0.1) is 40.4 Å². The first kappa shape index (κ1) is 22.7. The molecule has 0 aromatic carbocycles. The maximum Gasteiger partial charge on any atom is 0.113 e. The van der Waals surface area contributed by atoms with E-state index in [1.165, 1.54) is 19.8 Å². The van der Waals surface area contributed by atoms with Crippen LogP contribution >= 0.6 is 0 Å². The molecule has 4 aliphatic carbocycles. The van der Waals surface area contributed by atoms with Gasteiger partial charge in [0, 0.05) is 0 Å². The average molecular weight is 423 g/mol. The molecule has 0 amide bonds. The summed E-state index contributed by atoms with van der Waals surface area (Å²) in [6, 6.07) is 0. The highest BCUT2D eigenvalue weighted by Crippen LogP contribution is 2.70. The van der Waals surface area contributed by atoms with Gasteiger partial charge in [-0.3, -0.25) is 0 Å².